The lowest BCUT2D eigenvalue weighted by atomic mass is 9.93. The number of phenolic OH excluding ortho intramolecular Hbond substituents is 1. The van der Waals surface area contributed by atoms with Gasteiger partial charge in [0.05, 0.1) is 13.7 Å². The second-order valence-electron chi connectivity index (χ2n) is 7.28. The van der Waals surface area contributed by atoms with Gasteiger partial charge in [-0.05, 0) is 36.8 Å². The van der Waals surface area contributed by atoms with Crippen LogP contribution in [0.3, 0.4) is 0 Å². The highest BCUT2D eigenvalue weighted by Gasteiger charge is 2.29. The van der Waals surface area contributed by atoms with Crippen molar-refractivity contribution in [3.05, 3.63) is 89.2 Å². The van der Waals surface area contributed by atoms with E-state index in [0.29, 0.717) is 29.9 Å². The normalized spacial score (nSPS) is 18.4. The van der Waals surface area contributed by atoms with Crippen molar-refractivity contribution in [2.75, 3.05) is 13.7 Å². The van der Waals surface area contributed by atoms with E-state index in [1.807, 2.05) is 43.3 Å². The van der Waals surface area contributed by atoms with E-state index in [2.05, 4.69) is 5.32 Å². The summed E-state index contributed by atoms with van der Waals surface area (Å²) in [6, 6.07) is 19.4. The number of halogens is 1. The van der Waals surface area contributed by atoms with E-state index in [1.54, 1.807) is 31.4 Å². The van der Waals surface area contributed by atoms with Crippen LogP contribution >= 0.6 is 0 Å². The number of aromatic hydroxyl groups is 1. The van der Waals surface area contributed by atoms with E-state index in [9.17, 15) is 9.50 Å². The maximum atomic E-state index is 14.6. The second-order valence-corrected chi connectivity index (χ2v) is 7.28. The molecule has 0 bridgehead atoms. The van der Waals surface area contributed by atoms with Crippen LogP contribution in [0.4, 0.5) is 4.39 Å². The molecular weight excluding hydrogens is 395 g/mol. The van der Waals surface area contributed by atoms with Crippen LogP contribution in [0.25, 0.3) is 0 Å². The minimum absolute atomic E-state index is 0.0843. The van der Waals surface area contributed by atoms with Crippen molar-refractivity contribution < 1.29 is 19.0 Å². The highest BCUT2D eigenvalue weighted by atomic mass is 19.1. The maximum Gasteiger partial charge on any atom is 0.162 e. The first kappa shape index (κ1) is 20.9. The summed E-state index contributed by atoms with van der Waals surface area (Å²) >= 11 is 0. The maximum absolute atomic E-state index is 14.6. The largest absolute Gasteiger partial charge is 0.504 e. The SMILES string of the molecule is CCOc1cccc(C2CC(c3cccc(OC)c3)=NC(c3ccccc3F)N2)c1O. The van der Waals surface area contributed by atoms with Gasteiger partial charge in [0.1, 0.15) is 17.7 Å². The van der Waals surface area contributed by atoms with Crippen molar-refractivity contribution >= 4 is 5.71 Å². The number of hydrogen-bond donors (Lipinski definition) is 2. The molecule has 0 saturated heterocycles. The number of ether oxygens (including phenoxy) is 2. The lowest BCUT2D eigenvalue weighted by molar-refractivity contribution is 0.313. The summed E-state index contributed by atoms with van der Waals surface area (Å²) in [4.78, 5) is 4.82. The number of phenols is 1. The lowest BCUT2D eigenvalue weighted by Crippen LogP contribution is -2.33. The van der Waals surface area contributed by atoms with E-state index in [4.69, 9.17) is 14.5 Å². The van der Waals surface area contributed by atoms with Gasteiger partial charge in [-0.1, -0.05) is 42.5 Å². The Bertz CT molecular complexity index is 1100. The molecule has 2 N–H and O–H groups in total. The zero-order valence-electron chi connectivity index (χ0n) is 17.5. The van der Waals surface area contributed by atoms with Crippen molar-refractivity contribution in [2.45, 2.75) is 25.6 Å². The van der Waals surface area contributed by atoms with Crippen LogP contribution in [0.1, 0.15) is 42.2 Å². The van der Waals surface area contributed by atoms with Gasteiger partial charge < -0.3 is 14.6 Å². The first-order chi connectivity index (χ1) is 15.1. The van der Waals surface area contributed by atoms with E-state index < -0.39 is 6.17 Å². The van der Waals surface area contributed by atoms with Crippen LogP contribution < -0.4 is 14.8 Å². The summed E-state index contributed by atoms with van der Waals surface area (Å²) in [7, 11) is 1.62. The molecule has 0 saturated carbocycles. The molecular formula is C25H25FN2O3. The fourth-order valence-corrected chi connectivity index (χ4v) is 3.83. The Kier molecular flexibility index (Phi) is 6.18. The van der Waals surface area contributed by atoms with Gasteiger partial charge in [0.2, 0.25) is 0 Å². The highest BCUT2D eigenvalue weighted by Crippen LogP contribution is 2.39. The molecule has 1 aliphatic rings. The summed E-state index contributed by atoms with van der Waals surface area (Å²) in [6.07, 6.45) is -0.0855. The zero-order chi connectivity index (χ0) is 21.8. The molecule has 0 fully saturated rings. The summed E-state index contributed by atoms with van der Waals surface area (Å²) < 4.78 is 25.5. The number of hydrogen-bond acceptors (Lipinski definition) is 5. The molecule has 5 nitrogen and oxygen atoms in total. The summed E-state index contributed by atoms with van der Waals surface area (Å²) in [5, 5.41) is 14.2. The van der Waals surface area contributed by atoms with E-state index >= 15 is 0 Å². The van der Waals surface area contributed by atoms with Crippen LogP contribution in [0, 0.1) is 5.82 Å². The molecule has 0 radical (unpaired) electrons. The summed E-state index contributed by atoms with van der Waals surface area (Å²) in [5.74, 6) is 0.899. The minimum Gasteiger partial charge on any atom is -0.504 e. The minimum atomic E-state index is -0.601. The second kappa shape index (κ2) is 9.18. The van der Waals surface area contributed by atoms with Gasteiger partial charge in [0, 0.05) is 29.3 Å². The Hall–Kier alpha value is -3.38. The molecule has 0 amide bonds. The Morgan fingerprint density at radius 2 is 1.84 bits per heavy atom. The molecule has 2 atom stereocenters. The van der Waals surface area contributed by atoms with E-state index in [1.165, 1.54) is 6.07 Å². The number of nitrogens with zero attached hydrogens (tertiary/aromatic N) is 1. The standard InChI is InChI=1S/C25H25FN2O3/c1-3-31-23-13-7-11-19(24(23)29)22-15-21(16-8-6-9-17(14-16)30-2)27-25(28-22)18-10-4-5-12-20(18)26/h4-14,22,25,28-29H,3,15H2,1-2H3. The number of para-hydroxylation sites is 1. The number of nitrogens with one attached hydrogen (secondary N) is 1. The Morgan fingerprint density at radius 3 is 2.61 bits per heavy atom. The van der Waals surface area contributed by atoms with Gasteiger partial charge in [-0.3, -0.25) is 10.3 Å². The number of rotatable bonds is 6. The van der Waals surface area contributed by atoms with Crippen molar-refractivity contribution in [3.63, 3.8) is 0 Å². The molecule has 1 heterocycles. The topological polar surface area (TPSA) is 63.1 Å². The molecule has 0 spiro atoms. The smallest absolute Gasteiger partial charge is 0.162 e. The van der Waals surface area contributed by atoms with Gasteiger partial charge in [0.25, 0.3) is 0 Å². The molecule has 1 aliphatic heterocycles. The average molecular weight is 420 g/mol. The molecule has 31 heavy (non-hydrogen) atoms. The van der Waals surface area contributed by atoms with Crippen molar-refractivity contribution in [1.29, 1.82) is 0 Å². The van der Waals surface area contributed by atoms with Gasteiger partial charge in [-0.2, -0.15) is 0 Å². The predicted octanol–water partition coefficient (Wildman–Crippen LogP) is 5.16. The number of methoxy groups -OCH3 is 1. The van der Waals surface area contributed by atoms with Gasteiger partial charge >= 0.3 is 0 Å². The van der Waals surface area contributed by atoms with Crippen LogP contribution in [-0.4, -0.2) is 24.5 Å². The lowest BCUT2D eigenvalue weighted by Gasteiger charge is -2.31. The van der Waals surface area contributed by atoms with Gasteiger partial charge in [-0.25, -0.2) is 4.39 Å². The molecule has 6 heteroatoms. The van der Waals surface area contributed by atoms with Crippen LogP contribution in [-0.2, 0) is 0 Å². The van der Waals surface area contributed by atoms with Gasteiger partial charge in [0.15, 0.2) is 11.5 Å². The highest BCUT2D eigenvalue weighted by molar-refractivity contribution is 6.02. The summed E-state index contributed by atoms with van der Waals surface area (Å²) in [6.45, 7) is 2.32. The monoisotopic (exact) mass is 420 g/mol. The van der Waals surface area contributed by atoms with Crippen LogP contribution in [0.5, 0.6) is 17.2 Å². The molecule has 0 aromatic heterocycles. The Balaban J connectivity index is 1.78. The third kappa shape index (κ3) is 4.39. The fraction of sp³-hybridized carbons (Fsp3) is 0.240. The number of aliphatic imine (C=N–C) groups is 1. The quantitative estimate of drug-likeness (QED) is 0.578. The molecule has 0 aliphatic carbocycles. The average Bonchev–Trinajstić information content (AvgIpc) is 2.80. The molecule has 3 aromatic carbocycles. The molecule has 4 rings (SSSR count). The fourth-order valence-electron chi connectivity index (χ4n) is 3.83. The van der Waals surface area contributed by atoms with Crippen molar-refractivity contribution in [1.82, 2.24) is 5.32 Å². The first-order valence-corrected chi connectivity index (χ1v) is 10.3. The predicted molar refractivity (Wildman–Crippen MR) is 118 cm³/mol. The first-order valence-electron chi connectivity index (χ1n) is 10.3. The zero-order valence-corrected chi connectivity index (χ0v) is 17.5. The summed E-state index contributed by atoms with van der Waals surface area (Å²) in [5.41, 5.74) is 2.83. The van der Waals surface area contributed by atoms with E-state index in [-0.39, 0.29) is 17.6 Å². The van der Waals surface area contributed by atoms with Gasteiger partial charge in [-0.15, -0.1) is 0 Å². The molecule has 2 unspecified atom stereocenters. The number of benzene rings is 3. The third-order valence-corrected chi connectivity index (χ3v) is 5.35. The Morgan fingerprint density at radius 1 is 1.06 bits per heavy atom. The van der Waals surface area contributed by atoms with Crippen molar-refractivity contribution in [3.8, 4) is 17.2 Å². The van der Waals surface area contributed by atoms with Crippen LogP contribution in [0.15, 0.2) is 71.7 Å². The van der Waals surface area contributed by atoms with Crippen LogP contribution in [0.2, 0.25) is 0 Å². The van der Waals surface area contributed by atoms with Crippen molar-refractivity contribution in [2.24, 2.45) is 4.99 Å². The molecule has 160 valence electrons. The van der Waals surface area contributed by atoms with E-state index in [0.717, 1.165) is 17.0 Å². The molecule has 3 aromatic rings. The Labute approximate surface area is 181 Å². The third-order valence-electron chi connectivity index (χ3n) is 5.35.